The first-order chi connectivity index (χ1) is 11.8. The van der Waals surface area contributed by atoms with Crippen molar-refractivity contribution in [3.63, 3.8) is 0 Å². The molecule has 6 heteroatoms. The molecule has 0 spiro atoms. The van der Waals surface area contributed by atoms with Crippen LogP contribution in [0.5, 0.6) is 0 Å². The number of sulfonamides is 1. The maximum atomic E-state index is 12.5. The van der Waals surface area contributed by atoms with Gasteiger partial charge in [0.15, 0.2) is 0 Å². The van der Waals surface area contributed by atoms with Gasteiger partial charge in [-0.2, -0.15) is 0 Å². The fourth-order valence-electron chi connectivity index (χ4n) is 2.63. The minimum atomic E-state index is -3.68. The van der Waals surface area contributed by atoms with Gasteiger partial charge in [-0.25, -0.2) is 13.1 Å². The molecule has 25 heavy (non-hydrogen) atoms. The zero-order valence-corrected chi connectivity index (χ0v) is 15.2. The fourth-order valence-corrected chi connectivity index (χ4v) is 3.72. The summed E-state index contributed by atoms with van der Waals surface area (Å²) >= 11 is 0. The summed E-state index contributed by atoms with van der Waals surface area (Å²) in [5.74, 6) is 0. The smallest absolute Gasteiger partial charge is 0.252 e. The van der Waals surface area contributed by atoms with Crippen molar-refractivity contribution in [2.75, 3.05) is 0 Å². The van der Waals surface area contributed by atoms with Gasteiger partial charge in [0.2, 0.25) is 10.0 Å². The second kappa shape index (κ2) is 6.46. The predicted octanol–water partition coefficient (Wildman–Crippen LogP) is 2.93. The van der Waals surface area contributed by atoms with Gasteiger partial charge >= 0.3 is 0 Å². The molecule has 0 saturated heterocycles. The van der Waals surface area contributed by atoms with E-state index in [9.17, 15) is 13.2 Å². The second-order valence-electron chi connectivity index (χ2n) is 6.29. The Kier molecular flexibility index (Phi) is 4.49. The molecule has 0 amide bonds. The number of H-pyrrole nitrogens is 1. The normalized spacial score (nSPS) is 11.8. The summed E-state index contributed by atoms with van der Waals surface area (Å²) in [6.07, 6.45) is 0. The van der Waals surface area contributed by atoms with E-state index in [0.29, 0.717) is 5.56 Å². The van der Waals surface area contributed by atoms with Gasteiger partial charge in [0, 0.05) is 17.6 Å². The third-order valence-electron chi connectivity index (χ3n) is 4.32. The van der Waals surface area contributed by atoms with Crippen LogP contribution in [-0.2, 0) is 16.6 Å². The van der Waals surface area contributed by atoms with Crippen LogP contribution >= 0.6 is 0 Å². The number of rotatable bonds is 4. The molecule has 0 aliphatic rings. The summed E-state index contributed by atoms with van der Waals surface area (Å²) < 4.78 is 27.4. The van der Waals surface area contributed by atoms with Gasteiger partial charge in [0.25, 0.3) is 5.56 Å². The van der Waals surface area contributed by atoms with Crippen molar-refractivity contribution in [1.29, 1.82) is 0 Å². The number of nitrogens with one attached hydrogen (secondary N) is 2. The van der Waals surface area contributed by atoms with E-state index in [1.807, 2.05) is 39.0 Å². The van der Waals surface area contributed by atoms with Crippen LogP contribution in [0.25, 0.3) is 10.9 Å². The van der Waals surface area contributed by atoms with Gasteiger partial charge in [0.1, 0.15) is 0 Å². The number of hydrogen-bond donors (Lipinski definition) is 2. The van der Waals surface area contributed by atoms with Gasteiger partial charge in [0.05, 0.1) is 4.90 Å². The zero-order chi connectivity index (χ0) is 18.2. The minimum absolute atomic E-state index is 0.0611. The Morgan fingerprint density at radius 3 is 2.44 bits per heavy atom. The summed E-state index contributed by atoms with van der Waals surface area (Å²) in [5, 5.41) is 0.866. The van der Waals surface area contributed by atoms with Crippen LogP contribution in [0.4, 0.5) is 0 Å². The molecular formula is C19H20N2O3S. The molecule has 2 aromatic carbocycles. The van der Waals surface area contributed by atoms with Crippen molar-refractivity contribution in [3.05, 3.63) is 75.1 Å². The molecule has 130 valence electrons. The van der Waals surface area contributed by atoms with Gasteiger partial charge < -0.3 is 4.98 Å². The third-order valence-corrected chi connectivity index (χ3v) is 5.72. The lowest BCUT2D eigenvalue weighted by Gasteiger charge is -2.09. The number of benzene rings is 2. The fraction of sp³-hybridized carbons (Fsp3) is 0.211. The lowest BCUT2D eigenvalue weighted by Crippen LogP contribution is -2.27. The average molecular weight is 356 g/mol. The Morgan fingerprint density at radius 2 is 1.72 bits per heavy atom. The van der Waals surface area contributed by atoms with Gasteiger partial charge in [-0.1, -0.05) is 18.2 Å². The van der Waals surface area contributed by atoms with Crippen molar-refractivity contribution in [3.8, 4) is 0 Å². The van der Waals surface area contributed by atoms with E-state index in [4.69, 9.17) is 0 Å². The van der Waals surface area contributed by atoms with Crippen LogP contribution in [0.2, 0.25) is 0 Å². The second-order valence-corrected chi connectivity index (χ2v) is 8.05. The van der Waals surface area contributed by atoms with Crippen molar-refractivity contribution in [2.24, 2.45) is 0 Å². The van der Waals surface area contributed by atoms with Crippen LogP contribution in [-0.4, -0.2) is 13.4 Å². The lowest BCUT2D eigenvalue weighted by molar-refractivity contribution is 0.581. The van der Waals surface area contributed by atoms with E-state index in [1.54, 1.807) is 24.3 Å². The van der Waals surface area contributed by atoms with Gasteiger partial charge in [-0.15, -0.1) is 0 Å². The largest absolute Gasteiger partial charge is 0.322 e. The highest BCUT2D eigenvalue weighted by Crippen LogP contribution is 2.16. The quantitative estimate of drug-likeness (QED) is 0.754. The standard InChI is InChI=1S/C19H20N2O3S/c1-12-4-6-15-10-16(19(22)21-18(15)8-12)11-20-25(23,24)17-7-5-13(2)14(3)9-17/h4-10,20H,11H2,1-3H3,(H,21,22). The van der Waals surface area contributed by atoms with E-state index in [2.05, 4.69) is 9.71 Å². The van der Waals surface area contributed by atoms with E-state index >= 15 is 0 Å². The zero-order valence-electron chi connectivity index (χ0n) is 14.4. The molecule has 0 atom stereocenters. The Balaban J connectivity index is 1.88. The first-order valence-electron chi connectivity index (χ1n) is 7.96. The lowest BCUT2D eigenvalue weighted by atomic mass is 10.1. The van der Waals surface area contributed by atoms with Crippen molar-refractivity contribution >= 4 is 20.9 Å². The molecule has 1 aromatic heterocycles. The van der Waals surface area contributed by atoms with E-state index in [1.165, 1.54) is 0 Å². The average Bonchev–Trinajstić information content (AvgIpc) is 2.55. The molecule has 3 rings (SSSR count). The highest BCUT2D eigenvalue weighted by Gasteiger charge is 2.15. The molecule has 0 bridgehead atoms. The Bertz CT molecular complexity index is 1120. The molecular weight excluding hydrogens is 336 g/mol. The van der Waals surface area contributed by atoms with Crippen LogP contribution in [0.15, 0.2) is 52.2 Å². The predicted molar refractivity (Wildman–Crippen MR) is 99.2 cm³/mol. The molecule has 0 fully saturated rings. The topological polar surface area (TPSA) is 79.0 Å². The van der Waals surface area contributed by atoms with Crippen LogP contribution < -0.4 is 10.3 Å². The highest BCUT2D eigenvalue weighted by atomic mass is 32.2. The number of aryl methyl sites for hydroxylation is 3. The van der Waals surface area contributed by atoms with Crippen molar-refractivity contribution in [1.82, 2.24) is 9.71 Å². The molecule has 1 heterocycles. The number of fused-ring (bicyclic) bond motifs is 1. The number of aromatic amines is 1. The first kappa shape index (κ1) is 17.4. The number of pyridine rings is 1. The molecule has 0 radical (unpaired) electrons. The summed E-state index contributed by atoms with van der Waals surface area (Å²) in [6, 6.07) is 12.4. The van der Waals surface area contributed by atoms with E-state index in [0.717, 1.165) is 27.6 Å². The maximum Gasteiger partial charge on any atom is 0.252 e. The Morgan fingerprint density at radius 1 is 0.960 bits per heavy atom. The molecule has 0 unspecified atom stereocenters. The van der Waals surface area contributed by atoms with Crippen LogP contribution in [0.1, 0.15) is 22.3 Å². The summed E-state index contributed by atoms with van der Waals surface area (Å²) in [4.78, 5) is 15.2. The number of hydrogen-bond acceptors (Lipinski definition) is 3. The summed E-state index contributed by atoms with van der Waals surface area (Å²) in [6.45, 7) is 5.68. The molecule has 0 aliphatic heterocycles. The number of aromatic nitrogens is 1. The van der Waals surface area contributed by atoms with E-state index < -0.39 is 10.0 Å². The van der Waals surface area contributed by atoms with Crippen LogP contribution in [0.3, 0.4) is 0 Å². The molecule has 5 nitrogen and oxygen atoms in total. The van der Waals surface area contributed by atoms with Crippen molar-refractivity contribution < 1.29 is 8.42 Å². The van der Waals surface area contributed by atoms with Gasteiger partial charge in [-0.3, -0.25) is 4.79 Å². The molecule has 3 aromatic rings. The first-order valence-corrected chi connectivity index (χ1v) is 9.44. The third kappa shape index (κ3) is 3.65. The van der Waals surface area contributed by atoms with Gasteiger partial charge in [-0.05, 0) is 67.1 Å². The highest BCUT2D eigenvalue weighted by molar-refractivity contribution is 7.89. The Labute approximate surface area is 146 Å². The monoisotopic (exact) mass is 356 g/mol. The molecule has 0 aliphatic carbocycles. The Hall–Kier alpha value is -2.44. The summed E-state index contributed by atoms with van der Waals surface area (Å²) in [7, 11) is -3.68. The molecule has 2 N–H and O–H groups in total. The van der Waals surface area contributed by atoms with Crippen molar-refractivity contribution in [2.45, 2.75) is 32.2 Å². The maximum absolute atomic E-state index is 12.5. The van der Waals surface area contributed by atoms with Crippen LogP contribution in [0, 0.1) is 20.8 Å². The van der Waals surface area contributed by atoms with E-state index in [-0.39, 0.29) is 17.0 Å². The molecule has 0 saturated carbocycles. The minimum Gasteiger partial charge on any atom is -0.322 e. The SMILES string of the molecule is Cc1ccc2cc(CNS(=O)(=O)c3ccc(C)c(C)c3)c(=O)[nH]c2c1. The summed E-state index contributed by atoms with van der Waals surface area (Å²) in [5.41, 5.74) is 3.81.